The van der Waals surface area contributed by atoms with E-state index in [2.05, 4.69) is 31.7 Å². The maximum Gasteiger partial charge on any atom is 0.236 e. The van der Waals surface area contributed by atoms with E-state index in [1.807, 2.05) is 11.3 Å². The molecule has 1 aromatic rings. The molecule has 1 heterocycles. The van der Waals surface area contributed by atoms with Crippen molar-refractivity contribution in [2.75, 3.05) is 0 Å². The molecule has 0 N–H and O–H groups in total. The van der Waals surface area contributed by atoms with Crippen molar-refractivity contribution in [2.24, 2.45) is 7.05 Å². The van der Waals surface area contributed by atoms with Gasteiger partial charge in [-0.25, -0.2) is 0 Å². The highest BCUT2D eigenvalue weighted by molar-refractivity contribution is 7.11. The van der Waals surface area contributed by atoms with Gasteiger partial charge in [-0.3, -0.25) is 0 Å². The fourth-order valence-corrected chi connectivity index (χ4v) is 1.87. The van der Waals surface area contributed by atoms with Gasteiger partial charge in [-0.15, -0.1) is 0 Å². The van der Waals surface area contributed by atoms with E-state index >= 15 is 0 Å². The molecule has 0 saturated heterocycles. The Kier molecular flexibility index (Phi) is 1.86. The molecule has 0 aliphatic rings. The van der Waals surface area contributed by atoms with Gasteiger partial charge in [0.05, 0.1) is 4.88 Å². The summed E-state index contributed by atoms with van der Waals surface area (Å²) in [7, 11) is 2.10. The van der Waals surface area contributed by atoms with Crippen molar-refractivity contribution in [3.63, 3.8) is 0 Å². The zero-order chi connectivity index (χ0) is 6.85. The average molecular weight is 142 g/mol. The predicted molar refractivity (Wildman–Crippen MR) is 39.6 cm³/mol. The molecule has 0 aliphatic heterocycles. The van der Waals surface area contributed by atoms with Crippen LogP contribution >= 0.6 is 11.3 Å². The van der Waals surface area contributed by atoms with Gasteiger partial charge in [-0.1, -0.05) is 18.3 Å². The molecule has 50 valence electrons. The van der Waals surface area contributed by atoms with Gasteiger partial charge < -0.3 is 0 Å². The maximum absolute atomic E-state index is 2.19. The van der Waals surface area contributed by atoms with Gasteiger partial charge in [-0.2, -0.15) is 4.57 Å². The first-order valence-electron chi connectivity index (χ1n) is 3.19. The molecule has 0 atom stereocenters. The SMILES string of the molecule is CCc1sc(C)c[n+]1C. The monoisotopic (exact) mass is 142 g/mol. The average Bonchev–Trinajstić information content (AvgIpc) is 2.10. The van der Waals surface area contributed by atoms with Gasteiger partial charge in [0, 0.05) is 6.42 Å². The summed E-state index contributed by atoms with van der Waals surface area (Å²) in [4.78, 5) is 1.40. The van der Waals surface area contributed by atoms with Crippen LogP contribution < -0.4 is 4.57 Å². The third-order valence-corrected chi connectivity index (χ3v) is 2.59. The molecular formula is C7H12NS+. The van der Waals surface area contributed by atoms with Gasteiger partial charge in [-0.05, 0) is 6.92 Å². The van der Waals surface area contributed by atoms with Crippen molar-refractivity contribution in [1.29, 1.82) is 0 Å². The fourth-order valence-electron chi connectivity index (χ4n) is 0.950. The Balaban J connectivity index is 3.01. The highest BCUT2D eigenvalue weighted by atomic mass is 32.1. The lowest BCUT2D eigenvalue weighted by Crippen LogP contribution is -2.28. The largest absolute Gasteiger partial charge is 0.236 e. The normalized spacial score (nSPS) is 10.1. The summed E-state index contributed by atoms with van der Waals surface area (Å²) in [5, 5.41) is 1.45. The lowest BCUT2D eigenvalue weighted by Gasteiger charge is -1.81. The molecule has 1 rings (SSSR count). The third-order valence-electron chi connectivity index (χ3n) is 1.35. The highest BCUT2D eigenvalue weighted by Crippen LogP contribution is 2.08. The summed E-state index contributed by atoms with van der Waals surface area (Å²) in [6.45, 7) is 4.33. The maximum atomic E-state index is 2.19. The summed E-state index contributed by atoms with van der Waals surface area (Å²) in [5.41, 5.74) is 0. The van der Waals surface area contributed by atoms with E-state index < -0.39 is 0 Å². The molecule has 0 bridgehead atoms. The molecule has 0 amide bonds. The summed E-state index contributed by atoms with van der Waals surface area (Å²) < 4.78 is 2.19. The van der Waals surface area contributed by atoms with Crippen LogP contribution in [-0.4, -0.2) is 0 Å². The zero-order valence-electron chi connectivity index (χ0n) is 6.14. The molecule has 0 radical (unpaired) electrons. The van der Waals surface area contributed by atoms with Crippen molar-refractivity contribution in [3.05, 3.63) is 16.1 Å². The van der Waals surface area contributed by atoms with Crippen LogP contribution in [0, 0.1) is 6.92 Å². The summed E-state index contributed by atoms with van der Waals surface area (Å²) in [5.74, 6) is 0. The molecule has 0 spiro atoms. The van der Waals surface area contributed by atoms with E-state index in [0.717, 1.165) is 6.42 Å². The van der Waals surface area contributed by atoms with Gasteiger partial charge in [0.1, 0.15) is 7.05 Å². The summed E-state index contributed by atoms with van der Waals surface area (Å²) in [6.07, 6.45) is 3.32. The minimum atomic E-state index is 1.15. The molecule has 0 saturated carbocycles. The number of rotatable bonds is 1. The molecule has 9 heavy (non-hydrogen) atoms. The first-order valence-corrected chi connectivity index (χ1v) is 4.00. The number of hydrogen-bond acceptors (Lipinski definition) is 1. The standard InChI is InChI=1S/C7H12NS/c1-4-7-8(3)5-6(2)9-7/h5H,4H2,1-3H3/q+1. The van der Waals surface area contributed by atoms with Crippen LogP contribution in [0.1, 0.15) is 16.8 Å². The molecule has 0 aliphatic carbocycles. The number of hydrogen-bond donors (Lipinski definition) is 0. The topological polar surface area (TPSA) is 3.88 Å². The third kappa shape index (κ3) is 1.30. The number of aromatic nitrogens is 1. The Labute approximate surface area is 60.0 Å². The lowest BCUT2D eigenvalue weighted by molar-refractivity contribution is -0.673. The van der Waals surface area contributed by atoms with E-state index in [1.165, 1.54) is 9.88 Å². The van der Waals surface area contributed by atoms with Gasteiger partial charge in [0.15, 0.2) is 6.20 Å². The second kappa shape index (κ2) is 2.48. The van der Waals surface area contributed by atoms with E-state index in [1.54, 1.807) is 0 Å². The second-order valence-corrected chi connectivity index (χ2v) is 3.52. The molecule has 1 nitrogen and oxygen atoms in total. The Morgan fingerprint density at radius 3 is 2.56 bits per heavy atom. The van der Waals surface area contributed by atoms with Crippen LogP contribution in [0.4, 0.5) is 0 Å². The minimum Gasteiger partial charge on any atom is -0.195 e. The van der Waals surface area contributed by atoms with Crippen molar-refractivity contribution in [2.45, 2.75) is 20.3 Å². The second-order valence-electron chi connectivity index (χ2n) is 2.20. The van der Waals surface area contributed by atoms with E-state index in [-0.39, 0.29) is 0 Å². The smallest absolute Gasteiger partial charge is 0.195 e. The van der Waals surface area contributed by atoms with Crippen molar-refractivity contribution in [3.8, 4) is 0 Å². The summed E-state index contributed by atoms with van der Waals surface area (Å²) in [6, 6.07) is 0. The molecular weight excluding hydrogens is 130 g/mol. The Bertz CT molecular complexity index is 203. The van der Waals surface area contributed by atoms with Crippen molar-refractivity contribution in [1.82, 2.24) is 0 Å². The molecule has 0 fully saturated rings. The zero-order valence-corrected chi connectivity index (χ0v) is 6.96. The quantitative estimate of drug-likeness (QED) is 0.522. The molecule has 1 aromatic heterocycles. The lowest BCUT2D eigenvalue weighted by atomic mass is 10.5. The van der Waals surface area contributed by atoms with Crippen LogP contribution in [0.3, 0.4) is 0 Å². The Hall–Kier alpha value is -0.370. The number of aryl methyl sites for hydroxylation is 3. The van der Waals surface area contributed by atoms with Gasteiger partial charge in [0.25, 0.3) is 0 Å². The Morgan fingerprint density at radius 2 is 2.33 bits per heavy atom. The predicted octanol–water partition coefficient (Wildman–Crippen LogP) is 1.44. The number of nitrogens with zero attached hydrogens (tertiary/aromatic N) is 1. The van der Waals surface area contributed by atoms with Crippen LogP contribution in [0.15, 0.2) is 6.20 Å². The van der Waals surface area contributed by atoms with Crippen molar-refractivity contribution < 1.29 is 4.57 Å². The van der Waals surface area contributed by atoms with Gasteiger partial charge in [0.2, 0.25) is 5.01 Å². The first-order chi connectivity index (χ1) is 4.24. The van der Waals surface area contributed by atoms with Crippen molar-refractivity contribution >= 4 is 11.3 Å². The fraction of sp³-hybridized carbons (Fsp3) is 0.571. The van der Waals surface area contributed by atoms with Crippen LogP contribution in [0.25, 0.3) is 0 Å². The Morgan fingerprint density at radius 1 is 1.67 bits per heavy atom. The van der Waals surface area contributed by atoms with E-state index in [0.29, 0.717) is 0 Å². The molecule has 0 unspecified atom stereocenters. The first kappa shape index (κ1) is 6.75. The highest BCUT2D eigenvalue weighted by Gasteiger charge is 2.06. The van der Waals surface area contributed by atoms with Gasteiger partial charge >= 0.3 is 0 Å². The van der Waals surface area contributed by atoms with Crippen LogP contribution in [0.5, 0.6) is 0 Å². The molecule has 0 aromatic carbocycles. The van der Waals surface area contributed by atoms with E-state index in [4.69, 9.17) is 0 Å². The number of thiazole rings is 1. The molecule has 2 heteroatoms. The van der Waals surface area contributed by atoms with Crippen LogP contribution in [-0.2, 0) is 13.5 Å². The van der Waals surface area contributed by atoms with Crippen LogP contribution in [0.2, 0.25) is 0 Å². The summed E-state index contributed by atoms with van der Waals surface area (Å²) >= 11 is 1.88. The minimum absolute atomic E-state index is 1.15. The van der Waals surface area contributed by atoms with E-state index in [9.17, 15) is 0 Å².